The third kappa shape index (κ3) is 2.27. The Labute approximate surface area is 118 Å². The lowest BCUT2D eigenvalue weighted by atomic mass is 10.1. The Morgan fingerprint density at radius 1 is 1.20 bits per heavy atom. The molecule has 0 atom stereocenters. The molecule has 0 spiro atoms. The number of benzene rings is 1. The van der Waals surface area contributed by atoms with E-state index in [4.69, 9.17) is 0 Å². The highest BCUT2D eigenvalue weighted by Crippen LogP contribution is 2.24. The minimum Gasteiger partial charge on any atom is -0.313 e. The summed E-state index contributed by atoms with van der Waals surface area (Å²) >= 11 is 0. The standard InChI is InChI=1S/C16H18N2O2/c1-11-2-3-13-14(10-11)16(20)18(15(13)19)9-6-12-4-7-17-8-5-12/h2-4,10,17H,5-9H2,1H3. The number of fused-ring (bicyclic) bond motifs is 1. The molecule has 0 saturated heterocycles. The summed E-state index contributed by atoms with van der Waals surface area (Å²) in [4.78, 5) is 26.0. The van der Waals surface area contributed by atoms with E-state index in [9.17, 15) is 9.59 Å². The zero-order valence-electron chi connectivity index (χ0n) is 11.6. The number of hydrogen-bond donors (Lipinski definition) is 1. The van der Waals surface area contributed by atoms with Gasteiger partial charge in [0, 0.05) is 13.1 Å². The number of nitrogens with zero attached hydrogens (tertiary/aromatic N) is 1. The smallest absolute Gasteiger partial charge is 0.261 e. The maximum Gasteiger partial charge on any atom is 0.261 e. The molecular formula is C16H18N2O2. The third-order valence-electron chi connectivity index (χ3n) is 3.94. The number of amides is 2. The predicted molar refractivity (Wildman–Crippen MR) is 76.7 cm³/mol. The van der Waals surface area contributed by atoms with Gasteiger partial charge in [-0.3, -0.25) is 14.5 Å². The van der Waals surface area contributed by atoms with E-state index in [-0.39, 0.29) is 11.8 Å². The number of aryl methyl sites for hydroxylation is 1. The minimum atomic E-state index is -0.153. The van der Waals surface area contributed by atoms with Crippen LogP contribution in [-0.4, -0.2) is 36.3 Å². The van der Waals surface area contributed by atoms with Gasteiger partial charge in [-0.2, -0.15) is 0 Å². The molecule has 2 heterocycles. The molecule has 20 heavy (non-hydrogen) atoms. The van der Waals surface area contributed by atoms with Crippen LogP contribution in [0.4, 0.5) is 0 Å². The van der Waals surface area contributed by atoms with E-state index in [2.05, 4.69) is 11.4 Å². The summed E-state index contributed by atoms with van der Waals surface area (Å²) in [5, 5.41) is 3.26. The van der Waals surface area contributed by atoms with Gasteiger partial charge < -0.3 is 5.32 Å². The van der Waals surface area contributed by atoms with Crippen LogP contribution in [0.15, 0.2) is 29.8 Å². The Hall–Kier alpha value is -1.94. The van der Waals surface area contributed by atoms with Gasteiger partial charge in [-0.05, 0) is 38.4 Å². The van der Waals surface area contributed by atoms with Crippen molar-refractivity contribution >= 4 is 11.8 Å². The monoisotopic (exact) mass is 270 g/mol. The van der Waals surface area contributed by atoms with Gasteiger partial charge in [-0.25, -0.2) is 0 Å². The van der Waals surface area contributed by atoms with Gasteiger partial charge >= 0.3 is 0 Å². The largest absolute Gasteiger partial charge is 0.313 e. The zero-order chi connectivity index (χ0) is 14.1. The lowest BCUT2D eigenvalue weighted by Crippen LogP contribution is -2.31. The molecule has 0 saturated carbocycles. The molecule has 1 N–H and O–H groups in total. The number of hydrogen-bond acceptors (Lipinski definition) is 3. The Morgan fingerprint density at radius 3 is 2.75 bits per heavy atom. The highest BCUT2D eigenvalue weighted by atomic mass is 16.2. The molecule has 0 fully saturated rings. The quantitative estimate of drug-likeness (QED) is 0.674. The molecule has 2 aliphatic heterocycles. The predicted octanol–water partition coefficient (Wildman–Crippen LogP) is 1.90. The first kappa shape index (κ1) is 13.1. The molecule has 1 aromatic carbocycles. The summed E-state index contributed by atoms with van der Waals surface area (Å²) in [5.41, 5.74) is 3.43. The minimum absolute atomic E-state index is 0.150. The third-order valence-corrected chi connectivity index (χ3v) is 3.94. The second-order valence-corrected chi connectivity index (χ2v) is 5.38. The first-order valence-electron chi connectivity index (χ1n) is 7.02. The molecule has 4 nitrogen and oxygen atoms in total. The zero-order valence-corrected chi connectivity index (χ0v) is 11.6. The highest BCUT2D eigenvalue weighted by Gasteiger charge is 2.35. The van der Waals surface area contributed by atoms with Crippen LogP contribution in [0.5, 0.6) is 0 Å². The summed E-state index contributed by atoms with van der Waals surface area (Å²) < 4.78 is 0. The van der Waals surface area contributed by atoms with Crippen LogP contribution in [0.2, 0.25) is 0 Å². The molecule has 104 valence electrons. The van der Waals surface area contributed by atoms with Crippen LogP contribution in [0.1, 0.15) is 39.1 Å². The van der Waals surface area contributed by atoms with E-state index in [1.807, 2.05) is 13.0 Å². The number of rotatable bonds is 3. The lowest BCUT2D eigenvalue weighted by Gasteiger charge is -2.18. The molecule has 1 aromatic rings. The van der Waals surface area contributed by atoms with Gasteiger partial charge in [0.1, 0.15) is 0 Å². The molecule has 0 aliphatic carbocycles. The fourth-order valence-corrected chi connectivity index (χ4v) is 2.76. The van der Waals surface area contributed by atoms with Gasteiger partial charge in [0.25, 0.3) is 11.8 Å². The highest BCUT2D eigenvalue weighted by molar-refractivity contribution is 6.21. The van der Waals surface area contributed by atoms with Crippen molar-refractivity contribution in [3.8, 4) is 0 Å². The summed E-state index contributed by atoms with van der Waals surface area (Å²) in [5.74, 6) is -0.303. The first-order chi connectivity index (χ1) is 9.66. The average Bonchev–Trinajstić information content (AvgIpc) is 2.70. The Balaban J connectivity index is 1.74. The average molecular weight is 270 g/mol. The van der Waals surface area contributed by atoms with Crippen LogP contribution in [0.3, 0.4) is 0 Å². The maximum absolute atomic E-state index is 12.3. The summed E-state index contributed by atoms with van der Waals surface area (Å²) in [6.45, 7) is 4.28. The molecule has 2 amide bonds. The fourth-order valence-electron chi connectivity index (χ4n) is 2.76. The van der Waals surface area contributed by atoms with E-state index in [0.717, 1.165) is 31.5 Å². The molecule has 3 rings (SSSR count). The Morgan fingerprint density at radius 2 is 2.00 bits per heavy atom. The van der Waals surface area contributed by atoms with Gasteiger partial charge in [0.2, 0.25) is 0 Å². The Bertz CT molecular complexity index is 604. The van der Waals surface area contributed by atoms with Crippen molar-refractivity contribution in [1.29, 1.82) is 0 Å². The van der Waals surface area contributed by atoms with Crippen molar-refractivity contribution in [3.05, 3.63) is 46.5 Å². The van der Waals surface area contributed by atoms with E-state index >= 15 is 0 Å². The topological polar surface area (TPSA) is 49.4 Å². The second-order valence-electron chi connectivity index (χ2n) is 5.38. The number of imide groups is 1. The number of carbonyl (C=O) groups excluding carboxylic acids is 2. The summed E-state index contributed by atoms with van der Waals surface area (Å²) in [6, 6.07) is 5.44. The molecule has 0 unspecified atom stereocenters. The number of nitrogens with one attached hydrogen (secondary N) is 1. The molecule has 4 heteroatoms. The molecule has 2 aliphatic rings. The van der Waals surface area contributed by atoms with Crippen molar-refractivity contribution in [3.63, 3.8) is 0 Å². The Kier molecular flexibility index (Phi) is 3.40. The van der Waals surface area contributed by atoms with E-state index < -0.39 is 0 Å². The van der Waals surface area contributed by atoms with E-state index in [0.29, 0.717) is 17.7 Å². The van der Waals surface area contributed by atoms with Gasteiger partial charge in [-0.1, -0.05) is 23.3 Å². The van der Waals surface area contributed by atoms with Gasteiger partial charge in [0.05, 0.1) is 11.1 Å². The van der Waals surface area contributed by atoms with Crippen LogP contribution < -0.4 is 5.32 Å². The summed E-state index contributed by atoms with van der Waals surface area (Å²) in [6.07, 6.45) is 3.94. The fraction of sp³-hybridized carbons (Fsp3) is 0.375. The van der Waals surface area contributed by atoms with Crippen molar-refractivity contribution in [2.45, 2.75) is 19.8 Å². The molecular weight excluding hydrogens is 252 g/mol. The first-order valence-corrected chi connectivity index (χ1v) is 7.02. The van der Waals surface area contributed by atoms with Crippen molar-refractivity contribution < 1.29 is 9.59 Å². The normalized spacial score (nSPS) is 18.2. The van der Waals surface area contributed by atoms with Crippen LogP contribution in [0, 0.1) is 6.92 Å². The van der Waals surface area contributed by atoms with Gasteiger partial charge in [0.15, 0.2) is 0 Å². The SMILES string of the molecule is Cc1ccc2c(c1)C(=O)N(CCC1=CCNCC1)C2=O. The van der Waals surface area contributed by atoms with Crippen molar-refractivity contribution in [1.82, 2.24) is 10.2 Å². The molecule has 0 aromatic heterocycles. The summed E-state index contributed by atoms with van der Waals surface area (Å²) in [7, 11) is 0. The van der Waals surface area contributed by atoms with Gasteiger partial charge in [-0.15, -0.1) is 0 Å². The molecule has 0 radical (unpaired) electrons. The van der Waals surface area contributed by atoms with Crippen LogP contribution in [-0.2, 0) is 0 Å². The molecule has 0 bridgehead atoms. The van der Waals surface area contributed by atoms with Crippen molar-refractivity contribution in [2.75, 3.05) is 19.6 Å². The second kappa shape index (κ2) is 5.21. The van der Waals surface area contributed by atoms with E-state index in [1.165, 1.54) is 10.5 Å². The van der Waals surface area contributed by atoms with Crippen molar-refractivity contribution in [2.24, 2.45) is 0 Å². The maximum atomic E-state index is 12.3. The van der Waals surface area contributed by atoms with E-state index in [1.54, 1.807) is 12.1 Å². The number of carbonyl (C=O) groups is 2. The van der Waals surface area contributed by atoms with Crippen LogP contribution >= 0.6 is 0 Å². The lowest BCUT2D eigenvalue weighted by molar-refractivity contribution is 0.0656. The van der Waals surface area contributed by atoms with Crippen LogP contribution in [0.25, 0.3) is 0 Å².